The van der Waals surface area contributed by atoms with E-state index in [0.717, 1.165) is 23.3 Å². The molecule has 1 unspecified atom stereocenters. The summed E-state index contributed by atoms with van der Waals surface area (Å²) < 4.78 is 5.84. The maximum Gasteiger partial charge on any atom is 0.122 e. The van der Waals surface area contributed by atoms with Crippen molar-refractivity contribution in [2.75, 3.05) is 6.61 Å². The first kappa shape index (κ1) is 14.6. The number of ether oxygens (including phenoxy) is 1. The minimum atomic E-state index is -0.0957. The Kier molecular flexibility index (Phi) is 4.80. The first-order valence-corrected chi connectivity index (χ1v) is 7.14. The van der Waals surface area contributed by atoms with E-state index in [-0.39, 0.29) is 6.04 Å². The number of hydrogen-bond donors (Lipinski definition) is 1. The van der Waals surface area contributed by atoms with Gasteiger partial charge in [0.1, 0.15) is 12.4 Å². The molecule has 2 heteroatoms. The molecule has 0 aliphatic carbocycles. The lowest BCUT2D eigenvalue weighted by molar-refractivity contribution is 0.289. The average Bonchev–Trinajstić information content (AvgIpc) is 2.46. The molecule has 2 nitrogen and oxygen atoms in total. The van der Waals surface area contributed by atoms with Crippen molar-refractivity contribution in [3.8, 4) is 5.75 Å². The Labute approximate surface area is 121 Å². The van der Waals surface area contributed by atoms with Gasteiger partial charge >= 0.3 is 0 Å². The van der Waals surface area contributed by atoms with Gasteiger partial charge in [-0.25, -0.2) is 0 Å². The molecule has 0 bridgehead atoms. The molecule has 0 saturated heterocycles. The molecule has 1 atom stereocenters. The van der Waals surface area contributed by atoms with Gasteiger partial charge in [0.25, 0.3) is 0 Å². The molecule has 2 rings (SSSR count). The molecule has 0 aromatic heterocycles. The van der Waals surface area contributed by atoms with E-state index in [4.69, 9.17) is 10.5 Å². The third kappa shape index (κ3) is 3.61. The standard InChI is InChI=1S/C18H23NO/c1-4-15-6-8-16(9-7-15)17(19)12-20-18-10-5-13(2)11-14(18)3/h5-11,17H,4,12,19H2,1-3H3. The zero-order chi connectivity index (χ0) is 14.5. The first-order chi connectivity index (χ1) is 9.60. The van der Waals surface area contributed by atoms with Crippen LogP contribution >= 0.6 is 0 Å². The van der Waals surface area contributed by atoms with Gasteiger partial charge < -0.3 is 10.5 Å². The van der Waals surface area contributed by atoms with E-state index < -0.39 is 0 Å². The van der Waals surface area contributed by atoms with E-state index in [1.165, 1.54) is 11.1 Å². The monoisotopic (exact) mass is 269 g/mol. The van der Waals surface area contributed by atoms with Crippen molar-refractivity contribution in [1.29, 1.82) is 0 Å². The van der Waals surface area contributed by atoms with Crippen LogP contribution in [0.25, 0.3) is 0 Å². The maximum atomic E-state index is 6.19. The Hall–Kier alpha value is -1.80. The van der Waals surface area contributed by atoms with Crippen LogP contribution in [0.5, 0.6) is 5.75 Å². The summed E-state index contributed by atoms with van der Waals surface area (Å²) in [7, 11) is 0. The predicted octanol–water partition coefficient (Wildman–Crippen LogP) is 3.94. The second-order valence-electron chi connectivity index (χ2n) is 5.28. The van der Waals surface area contributed by atoms with Crippen LogP contribution < -0.4 is 10.5 Å². The smallest absolute Gasteiger partial charge is 0.122 e. The fourth-order valence-corrected chi connectivity index (χ4v) is 2.24. The SMILES string of the molecule is CCc1ccc(C(N)COc2ccc(C)cc2C)cc1. The normalized spacial score (nSPS) is 12.2. The van der Waals surface area contributed by atoms with E-state index in [9.17, 15) is 0 Å². The van der Waals surface area contributed by atoms with Crippen molar-refractivity contribution >= 4 is 0 Å². The highest BCUT2D eigenvalue weighted by molar-refractivity contribution is 5.35. The van der Waals surface area contributed by atoms with Gasteiger partial charge in [0, 0.05) is 0 Å². The Bertz CT molecular complexity index is 560. The second-order valence-corrected chi connectivity index (χ2v) is 5.28. The summed E-state index contributed by atoms with van der Waals surface area (Å²) in [6.45, 7) is 6.79. The number of rotatable bonds is 5. The van der Waals surface area contributed by atoms with Gasteiger partial charge in [0.05, 0.1) is 6.04 Å². The molecule has 106 valence electrons. The van der Waals surface area contributed by atoms with Gasteiger partial charge in [-0.2, -0.15) is 0 Å². The van der Waals surface area contributed by atoms with Gasteiger partial charge in [-0.3, -0.25) is 0 Å². The summed E-state index contributed by atoms with van der Waals surface area (Å²) in [4.78, 5) is 0. The zero-order valence-electron chi connectivity index (χ0n) is 12.5. The van der Waals surface area contributed by atoms with Crippen molar-refractivity contribution in [2.24, 2.45) is 5.73 Å². The molecule has 0 aliphatic heterocycles. The van der Waals surface area contributed by atoms with Crippen LogP contribution in [0.4, 0.5) is 0 Å². The lowest BCUT2D eigenvalue weighted by Crippen LogP contribution is -2.19. The van der Waals surface area contributed by atoms with E-state index in [1.807, 2.05) is 6.07 Å². The Morgan fingerprint density at radius 1 is 1.05 bits per heavy atom. The van der Waals surface area contributed by atoms with Crippen LogP contribution in [0.3, 0.4) is 0 Å². The minimum Gasteiger partial charge on any atom is -0.491 e. The van der Waals surface area contributed by atoms with Crippen molar-refractivity contribution in [1.82, 2.24) is 0 Å². The molecule has 0 aliphatic rings. The first-order valence-electron chi connectivity index (χ1n) is 7.14. The summed E-state index contributed by atoms with van der Waals surface area (Å²) in [5.41, 5.74) is 11.0. The lowest BCUT2D eigenvalue weighted by Gasteiger charge is -2.15. The topological polar surface area (TPSA) is 35.2 Å². The number of benzene rings is 2. The number of nitrogens with two attached hydrogens (primary N) is 1. The van der Waals surface area contributed by atoms with Gasteiger partial charge in [0.15, 0.2) is 0 Å². The van der Waals surface area contributed by atoms with Crippen molar-refractivity contribution in [2.45, 2.75) is 33.2 Å². The third-order valence-electron chi connectivity index (χ3n) is 3.56. The second kappa shape index (κ2) is 6.58. The van der Waals surface area contributed by atoms with E-state index in [0.29, 0.717) is 6.61 Å². The summed E-state index contributed by atoms with van der Waals surface area (Å²) in [6.07, 6.45) is 1.05. The highest BCUT2D eigenvalue weighted by Gasteiger charge is 2.08. The molecular formula is C18H23NO. The summed E-state index contributed by atoms with van der Waals surface area (Å²) in [5.74, 6) is 0.913. The zero-order valence-corrected chi connectivity index (χ0v) is 12.5. The van der Waals surface area contributed by atoms with Crippen molar-refractivity contribution in [3.63, 3.8) is 0 Å². The van der Waals surface area contributed by atoms with Crippen molar-refractivity contribution in [3.05, 3.63) is 64.7 Å². The molecule has 2 N–H and O–H groups in total. The van der Waals surface area contributed by atoms with E-state index in [2.05, 4.69) is 57.2 Å². The Balaban J connectivity index is 1.98. The van der Waals surface area contributed by atoms with Gasteiger partial charge in [-0.15, -0.1) is 0 Å². The van der Waals surface area contributed by atoms with Crippen LogP contribution in [0.15, 0.2) is 42.5 Å². The van der Waals surface area contributed by atoms with Crippen LogP contribution in [0.1, 0.15) is 35.2 Å². The van der Waals surface area contributed by atoms with Crippen molar-refractivity contribution < 1.29 is 4.74 Å². The lowest BCUT2D eigenvalue weighted by atomic mass is 10.0. The van der Waals surface area contributed by atoms with E-state index in [1.54, 1.807) is 0 Å². The van der Waals surface area contributed by atoms with Crippen LogP contribution in [-0.4, -0.2) is 6.61 Å². The van der Waals surface area contributed by atoms with Crippen LogP contribution in [-0.2, 0) is 6.42 Å². The summed E-state index contributed by atoms with van der Waals surface area (Å²) >= 11 is 0. The molecule has 20 heavy (non-hydrogen) atoms. The molecule has 2 aromatic carbocycles. The molecule has 0 saturated carbocycles. The summed E-state index contributed by atoms with van der Waals surface area (Å²) in [5, 5.41) is 0. The van der Waals surface area contributed by atoms with Gasteiger partial charge in [0.2, 0.25) is 0 Å². The van der Waals surface area contributed by atoms with Gasteiger partial charge in [-0.05, 0) is 43.0 Å². The molecule has 2 aromatic rings. The molecule has 0 amide bonds. The fraction of sp³-hybridized carbons (Fsp3) is 0.333. The molecule has 0 spiro atoms. The molecular weight excluding hydrogens is 246 g/mol. The highest BCUT2D eigenvalue weighted by atomic mass is 16.5. The van der Waals surface area contributed by atoms with Crippen LogP contribution in [0, 0.1) is 13.8 Å². The summed E-state index contributed by atoms with van der Waals surface area (Å²) in [6, 6.07) is 14.5. The third-order valence-corrected chi connectivity index (χ3v) is 3.56. The average molecular weight is 269 g/mol. The molecule has 0 fully saturated rings. The maximum absolute atomic E-state index is 6.19. The molecule has 0 heterocycles. The predicted molar refractivity (Wildman–Crippen MR) is 84.2 cm³/mol. The Morgan fingerprint density at radius 3 is 2.35 bits per heavy atom. The Morgan fingerprint density at radius 2 is 1.75 bits per heavy atom. The number of aryl methyl sites for hydroxylation is 3. The quantitative estimate of drug-likeness (QED) is 0.892. The minimum absolute atomic E-state index is 0.0957. The van der Waals surface area contributed by atoms with Gasteiger partial charge in [-0.1, -0.05) is 48.9 Å². The fourth-order valence-electron chi connectivity index (χ4n) is 2.24. The largest absolute Gasteiger partial charge is 0.491 e. The van der Waals surface area contributed by atoms with E-state index >= 15 is 0 Å². The number of hydrogen-bond acceptors (Lipinski definition) is 2. The van der Waals surface area contributed by atoms with Crippen LogP contribution in [0.2, 0.25) is 0 Å². The highest BCUT2D eigenvalue weighted by Crippen LogP contribution is 2.20. The molecule has 0 radical (unpaired) electrons.